The molecule has 0 saturated heterocycles. The highest BCUT2D eigenvalue weighted by atomic mass is 16.5. The second kappa shape index (κ2) is 4.72. The van der Waals surface area contributed by atoms with Crippen molar-refractivity contribution >= 4 is 5.97 Å². The van der Waals surface area contributed by atoms with E-state index >= 15 is 0 Å². The molecule has 0 radical (unpaired) electrons. The molecule has 0 spiro atoms. The lowest BCUT2D eigenvalue weighted by Gasteiger charge is -2.38. The van der Waals surface area contributed by atoms with Crippen LogP contribution in [-0.2, 0) is 16.1 Å². The number of ether oxygens (including phenoxy) is 1. The fraction of sp³-hybridized carbons (Fsp3) is 0.647. The van der Waals surface area contributed by atoms with Gasteiger partial charge in [0.05, 0.1) is 0 Å². The molecule has 1 aromatic rings. The van der Waals surface area contributed by atoms with E-state index in [9.17, 15) is 4.79 Å². The molecule has 2 aliphatic rings. The molecule has 21 heavy (non-hydrogen) atoms. The Morgan fingerprint density at radius 1 is 1.43 bits per heavy atom. The lowest BCUT2D eigenvalue weighted by molar-refractivity contribution is -0.157. The smallest absolute Gasteiger partial charge is 0.326 e. The van der Waals surface area contributed by atoms with E-state index in [1.165, 1.54) is 6.42 Å². The van der Waals surface area contributed by atoms with E-state index in [-0.39, 0.29) is 29.4 Å². The first-order valence-electron chi connectivity index (χ1n) is 7.74. The first kappa shape index (κ1) is 14.4. The number of hydrogen-bond acceptors (Lipinski definition) is 3. The number of nitrogens with zero attached hydrogens (tertiary/aromatic N) is 1. The number of hydrogen-bond donors (Lipinski definition) is 1. The molecule has 4 heteroatoms. The number of nitrogens with one attached hydrogen (secondary N) is 1. The van der Waals surface area contributed by atoms with Crippen molar-refractivity contribution in [3.8, 4) is 0 Å². The number of carbonyl (C=O) groups excluding carboxylic acids is 1. The number of carbonyl (C=O) groups is 1. The summed E-state index contributed by atoms with van der Waals surface area (Å²) in [7, 11) is 0. The van der Waals surface area contributed by atoms with Crippen molar-refractivity contribution in [1.82, 2.24) is 4.57 Å². The Morgan fingerprint density at radius 2 is 2.19 bits per heavy atom. The highest BCUT2D eigenvalue weighted by Gasteiger charge is 2.62. The molecular weight excluding hydrogens is 264 g/mol. The fourth-order valence-electron chi connectivity index (χ4n) is 4.26. The maximum Gasteiger partial charge on any atom is 0.326 e. The first-order valence-corrected chi connectivity index (χ1v) is 7.74. The molecule has 0 aliphatic heterocycles. The van der Waals surface area contributed by atoms with Crippen LogP contribution in [0, 0.1) is 22.2 Å². The molecule has 2 aliphatic carbocycles. The summed E-state index contributed by atoms with van der Waals surface area (Å²) in [5.41, 5.74) is 0.672. The van der Waals surface area contributed by atoms with E-state index in [0.29, 0.717) is 11.4 Å². The van der Waals surface area contributed by atoms with E-state index in [2.05, 4.69) is 20.8 Å². The van der Waals surface area contributed by atoms with E-state index in [1.807, 2.05) is 6.07 Å². The number of esters is 1. The van der Waals surface area contributed by atoms with E-state index in [0.717, 1.165) is 12.8 Å². The van der Waals surface area contributed by atoms with Crippen LogP contribution in [0.15, 0.2) is 24.4 Å². The van der Waals surface area contributed by atoms with Crippen molar-refractivity contribution in [1.29, 1.82) is 5.41 Å². The third-order valence-corrected chi connectivity index (χ3v) is 6.23. The van der Waals surface area contributed by atoms with Crippen molar-refractivity contribution in [2.75, 3.05) is 0 Å². The minimum Gasteiger partial charge on any atom is -0.460 e. The Labute approximate surface area is 125 Å². The molecule has 2 bridgehead atoms. The van der Waals surface area contributed by atoms with Gasteiger partial charge in [0.25, 0.3) is 0 Å². The number of rotatable bonds is 3. The molecule has 1 N–H and O–H groups in total. The average Bonchev–Trinajstić information content (AvgIpc) is 2.74. The Morgan fingerprint density at radius 3 is 2.76 bits per heavy atom. The summed E-state index contributed by atoms with van der Waals surface area (Å²) < 4.78 is 7.41. The second-order valence-corrected chi connectivity index (χ2v) is 7.30. The minimum absolute atomic E-state index is 0.0252. The van der Waals surface area contributed by atoms with Gasteiger partial charge in [0, 0.05) is 11.6 Å². The molecule has 2 saturated carbocycles. The maximum absolute atomic E-state index is 12.2. The number of pyridine rings is 1. The van der Waals surface area contributed by atoms with Crippen molar-refractivity contribution in [2.24, 2.45) is 16.7 Å². The van der Waals surface area contributed by atoms with Crippen molar-refractivity contribution in [3.63, 3.8) is 0 Å². The zero-order valence-corrected chi connectivity index (χ0v) is 13.1. The molecule has 4 nitrogen and oxygen atoms in total. The molecule has 0 aromatic carbocycles. The molecule has 114 valence electrons. The monoisotopic (exact) mass is 288 g/mol. The third kappa shape index (κ3) is 2.12. The van der Waals surface area contributed by atoms with Gasteiger partial charge in [-0.15, -0.1) is 0 Å². The molecule has 1 heterocycles. The normalized spacial score (nSPS) is 33.1. The summed E-state index contributed by atoms with van der Waals surface area (Å²) >= 11 is 0. The van der Waals surface area contributed by atoms with Gasteiger partial charge in [-0.3, -0.25) is 10.2 Å². The summed E-state index contributed by atoms with van der Waals surface area (Å²) in [4.78, 5) is 12.2. The summed E-state index contributed by atoms with van der Waals surface area (Å²) in [6.45, 7) is 7.01. The summed E-state index contributed by atoms with van der Waals surface area (Å²) in [5, 5.41) is 7.79. The number of fused-ring (bicyclic) bond motifs is 2. The van der Waals surface area contributed by atoms with Crippen molar-refractivity contribution < 1.29 is 9.53 Å². The fourth-order valence-corrected chi connectivity index (χ4v) is 4.26. The summed E-state index contributed by atoms with van der Waals surface area (Å²) in [5.74, 6) is 0.436. The van der Waals surface area contributed by atoms with Crippen molar-refractivity contribution in [2.45, 2.75) is 52.7 Å². The van der Waals surface area contributed by atoms with Crippen LogP contribution < -0.4 is 5.49 Å². The zero-order chi connectivity index (χ0) is 15.3. The molecule has 0 unspecified atom stereocenters. The van der Waals surface area contributed by atoms with Gasteiger partial charge < -0.3 is 9.30 Å². The van der Waals surface area contributed by atoms with Crippen LogP contribution in [0.1, 0.15) is 40.0 Å². The van der Waals surface area contributed by atoms with Gasteiger partial charge >= 0.3 is 5.97 Å². The van der Waals surface area contributed by atoms with E-state index < -0.39 is 0 Å². The van der Waals surface area contributed by atoms with Gasteiger partial charge in [-0.2, -0.15) is 0 Å². The standard InChI is InChI=1S/C17H24N2O2/c1-16(2)12-7-8-17(16,3)13(10-12)21-15(20)11-19-9-5-4-6-14(19)18/h4-6,9,12-13,18H,7-8,10-11H2,1-3H3/t12-,13+,17+/m0/s1. The minimum atomic E-state index is -0.228. The van der Waals surface area contributed by atoms with Gasteiger partial charge in [0.1, 0.15) is 18.1 Å². The van der Waals surface area contributed by atoms with Crippen LogP contribution in [0.25, 0.3) is 0 Å². The lowest BCUT2D eigenvalue weighted by Crippen LogP contribution is -2.39. The van der Waals surface area contributed by atoms with Crippen LogP contribution in [0.5, 0.6) is 0 Å². The highest BCUT2D eigenvalue weighted by Crippen LogP contribution is 2.66. The average molecular weight is 288 g/mol. The molecule has 0 amide bonds. The zero-order valence-electron chi connectivity index (χ0n) is 13.1. The Kier molecular flexibility index (Phi) is 3.23. The second-order valence-electron chi connectivity index (χ2n) is 7.30. The van der Waals surface area contributed by atoms with Gasteiger partial charge in [0.15, 0.2) is 0 Å². The quantitative estimate of drug-likeness (QED) is 0.869. The van der Waals surface area contributed by atoms with Crippen LogP contribution in [-0.4, -0.2) is 16.6 Å². The summed E-state index contributed by atoms with van der Waals surface area (Å²) in [6.07, 6.45) is 5.16. The van der Waals surface area contributed by atoms with Crippen LogP contribution in [0.2, 0.25) is 0 Å². The van der Waals surface area contributed by atoms with Crippen LogP contribution in [0.4, 0.5) is 0 Å². The van der Waals surface area contributed by atoms with Gasteiger partial charge in [-0.05, 0) is 42.7 Å². The van der Waals surface area contributed by atoms with Gasteiger partial charge in [0.2, 0.25) is 0 Å². The Bertz CT molecular complexity index is 619. The van der Waals surface area contributed by atoms with Crippen molar-refractivity contribution in [3.05, 3.63) is 29.9 Å². The van der Waals surface area contributed by atoms with E-state index in [4.69, 9.17) is 10.1 Å². The molecule has 2 fully saturated rings. The molecule has 1 aromatic heterocycles. The molecular formula is C17H24N2O2. The van der Waals surface area contributed by atoms with Crippen LogP contribution >= 0.6 is 0 Å². The van der Waals surface area contributed by atoms with Gasteiger partial charge in [-0.1, -0.05) is 26.8 Å². The molecule has 3 atom stereocenters. The summed E-state index contributed by atoms with van der Waals surface area (Å²) in [6, 6.07) is 5.30. The molecule has 3 rings (SSSR count). The topological polar surface area (TPSA) is 55.1 Å². The van der Waals surface area contributed by atoms with Crippen LogP contribution in [0.3, 0.4) is 0 Å². The Hall–Kier alpha value is -1.58. The first-order chi connectivity index (χ1) is 9.84. The maximum atomic E-state index is 12.2. The predicted octanol–water partition coefficient (Wildman–Crippen LogP) is 2.73. The SMILES string of the molecule is CC1(C)[C@H]2CC[C@]1(C)[C@H](OC(=O)Cn1ccccc1=N)C2. The predicted molar refractivity (Wildman–Crippen MR) is 79.4 cm³/mol. The van der Waals surface area contributed by atoms with E-state index in [1.54, 1.807) is 22.9 Å². The van der Waals surface area contributed by atoms with Gasteiger partial charge in [-0.25, -0.2) is 0 Å². The largest absolute Gasteiger partial charge is 0.460 e. The lowest BCUT2D eigenvalue weighted by atomic mass is 9.70. The number of aromatic nitrogens is 1. The highest BCUT2D eigenvalue weighted by molar-refractivity contribution is 5.69. The third-order valence-electron chi connectivity index (χ3n) is 6.23. The Balaban J connectivity index is 1.70.